The molecule has 0 spiro atoms. The summed E-state index contributed by atoms with van der Waals surface area (Å²) in [7, 11) is 0. The van der Waals surface area contributed by atoms with E-state index in [9.17, 15) is 4.79 Å². The van der Waals surface area contributed by atoms with Gasteiger partial charge in [0.15, 0.2) is 0 Å². The van der Waals surface area contributed by atoms with Crippen molar-refractivity contribution in [3.8, 4) is 0 Å². The van der Waals surface area contributed by atoms with Gasteiger partial charge in [0.05, 0.1) is 13.2 Å². The topological polar surface area (TPSA) is 41.6 Å². The van der Waals surface area contributed by atoms with Crippen LogP contribution in [-0.2, 0) is 16.1 Å². The Morgan fingerprint density at radius 3 is 2.88 bits per heavy atom. The maximum atomic E-state index is 12.4. The molecule has 1 aromatic rings. The van der Waals surface area contributed by atoms with Crippen molar-refractivity contribution in [3.05, 3.63) is 35.4 Å². The lowest BCUT2D eigenvalue weighted by Gasteiger charge is -2.29. The highest BCUT2D eigenvalue weighted by Gasteiger charge is 2.31. The molecule has 2 aliphatic heterocycles. The Morgan fingerprint density at radius 1 is 1.29 bits per heavy atom. The number of morpholine rings is 1. The first-order valence-electron chi connectivity index (χ1n) is 6.04. The Morgan fingerprint density at radius 2 is 2.06 bits per heavy atom. The molecule has 4 nitrogen and oxygen atoms in total. The van der Waals surface area contributed by atoms with Crippen molar-refractivity contribution in [2.45, 2.75) is 12.6 Å². The Bertz CT molecular complexity index is 427. The van der Waals surface area contributed by atoms with Crippen LogP contribution in [0.2, 0.25) is 0 Å². The second kappa shape index (κ2) is 4.47. The number of rotatable bonds is 1. The molecule has 0 aromatic heterocycles. The summed E-state index contributed by atoms with van der Waals surface area (Å²) < 4.78 is 5.27. The molecular weight excluding hydrogens is 216 g/mol. The van der Waals surface area contributed by atoms with E-state index in [1.165, 1.54) is 5.56 Å². The normalized spacial score (nSPS) is 23.5. The van der Waals surface area contributed by atoms with Crippen molar-refractivity contribution < 1.29 is 9.53 Å². The van der Waals surface area contributed by atoms with Gasteiger partial charge in [-0.25, -0.2) is 0 Å². The molecule has 0 saturated carbocycles. The first-order chi connectivity index (χ1) is 8.36. The summed E-state index contributed by atoms with van der Waals surface area (Å²) in [5.41, 5.74) is 2.36. The van der Waals surface area contributed by atoms with Crippen LogP contribution in [0.1, 0.15) is 17.2 Å². The summed E-state index contributed by atoms with van der Waals surface area (Å²) in [6.07, 6.45) is 0. The number of ether oxygens (including phenoxy) is 1. The molecule has 90 valence electrons. The average Bonchev–Trinajstić information content (AvgIpc) is 2.83. The Hall–Kier alpha value is -1.39. The van der Waals surface area contributed by atoms with Gasteiger partial charge < -0.3 is 9.64 Å². The van der Waals surface area contributed by atoms with Crippen LogP contribution in [-0.4, -0.2) is 37.1 Å². The summed E-state index contributed by atoms with van der Waals surface area (Å²) in [6, 6.07) is 7.96. The van der Waals surface area contributed by atoms with E-state index in [4.69, 9.17) is 4.74 Å². The van der Waals surface area contributed by atoms with Crippen LogP contribution in [0.15, 0.2) is 24.3 Å². The molecule has 1 saturated heterocycles. The number of nitrogens with zero attached hydrogens (tertiary/aromatic N) is 1. The monoisotopic (exact) mass is 232 g/mol. The molecular formula is C13H16N2O2. The molecule has 0 radical (unpaired) electrons. The predicted octanol–water partition coefficient (Wildman–Crippen LogP) is 0.690. The average molecular weight is 232 g/mol. The Kier molecular flexibility index (Phi) is 2.82. The maximum Gasteiger partial charge on any atom is 0.244 e. The van der Waals surface area contributed by atoms with E-state index in [0.717, 1.165) is 12.1 Å². The highest BCUT2D eigenvalue weighted by molar-refractivity contribution is 5.84. The van der Waals surface area contributed by atoms with E-state index in [1.54, 1.807) is 0 Å². The van der Waals surface area contributed by atoms with Crippen molar-refractivity contribution in [3.63, 3.8) is 0 Å². The smallest absolute Gasteiger partial charge is 0.244 e. The number of benzene rings is 1. The lowest BCUT2D eigenvalue weighted by Crippen LogP contribution is -2.44. The highest BCUT2D eigenvalue weighted by Crippen LogP contribution is 2.26. The van der Waals surface area contributed by atoms with Gasteiger partial charge in [-0.2, -0.15) is 0 Å². The standard InChI is InChI=1S/C13H16N2O2/c16-13(15-5-7-17-8-6-15)12-11-4-2-1-3-10(11)9-14-12/h1-4,12,14H,5-9H2. The molecule has 1 amide bonds. The SMILES string of the molecule is O=C(C1NCc2ccccc21)N1CCOCC1. The zero-order valence-electron chi connectivity index (χ0n) is 9.69. The van der Waals surface area contributed by atoms with Gasteiger partial charge in [-0.15, -0.1) is 0 Å². The third-order valence-corrected chi connectivity index (χ3v) is 3.43. The van der Waals surface area contributed by atoms with Gasteiger partial charge >= 0.3 is 0 Å². The van der Waals surface area contributed by atoms with Gasteiger partial charge in [0.25, 0.3) is 0 Å². The van der Waals surface area contributed by atoms with E-state index < -0.39 is 0 Å². The molecule has 0 bridgehead atoms. The van der Waals surface area contributed by atoms with Gasteiger partial charge in [0.2, 0.25) is 5.91 Å². The fourth-order valence-electron chi connectivity index (χ4n) is 2.49. The van der Waals surface area contributed by atoms with E-state index >= 15 is 0 Å². The molecule has 1 fully saturated rings. The van der Waals surface area contributed by atoms with E-state index in [0.29, 0.717) is 26.3 Å². The van der Waals surface area contributed by atoms with Gasteiger partial charge in [-0.1, -0.05) is 24.3 Å². The molecule has 4 heteroatoms. The van der Waals surface area contributed by atoms with Gasteiger partial charge in [-0.3, -0.25) is 10.1 Å². The fraction of sp³-hybridized carbons (Fsp3) is 0.462. The quantitative estimate of drug-likeness (QED) is 0.774. The number of nitrogens with one attached hydrogen (secondary N) is 1. The van der Waals surface area contributed by atoms with Crippen LogP contribution in [0.3, 0.4) is 0 Å². The molecule has 3 rings (SSSR count). The summed E-state index contributed by atoms with van der Waals surface area (Å²) in [5.74, 6) is 0.179. The van der Waals surface area contributed by atoms with E-state index in [2.05, 4.69) is 11.4 Å². The minimum Gasteiger partial charge on any atom is -0.378 e. The minimum atomic E-state index is -0.163. The van der Waals surface area contributed by atoms with Crippen LogP contribution in [0, 0.1) is 0 Å². The van der Waals surface area contributed by atoms with Crippen molar-refractivity contribution in [1.29, 1.82) is 0 Å². The molecule has 1 N–H and O–H groups in total. The van der Waals surface area contributed by atoms with Crippen molar-refractivity contribution in [1.82, 2.24) is 10.2 Å². The van der Waals surface area contributed by atoms with Crippen molar-refractivity contribution in [2.24, 2.45) is 0 Å². The van der Waals surface area contributed by atoms with Crippen LogP contribution < -0.4 is 5.32 Å². The van der Waals surface area contributed by atoms with Crippen molar-refractivity contribution in [2.75, 3.05) is 26.3 Å². The number of amides is 1. The molecule has 0 aliphatic carbocycles. The second-order valence-electron chi connectivity index (χ2n) is 4.45. The Balaban J connectivity index is 1.79. The van der Waals surface area contributed by atoms with Crippen LogP contribution in [0.5, 0.6) is 0 Å². The largest absolute Gasteiger partial charge is 0.378 e. The fourth-order valence-corrected chi connectivity index (χ4v) is 2.49. The second-order valence-corrected chi connectivity index (χ2v) is 4.45. The van der Waals surface area contributed by atoms with Gasteiger partial charge in [0, 0.05) is 19.6 Å². The summed E-state index contributed by atoms with van der Waals surface area (Å²) in [4.78, 5) is 14.3. The third kappa shape index (κ3) is 1.94. The number of carbonyl (C=O) groups excluding carboxylic acids is 1. The molecule has 1 aromatic carbocycles. The first kappa shape index (κ1) is 10.7. The van der Waals surface area contributed by atoms with Crippen molar-refractivity contribution >= 4 is 5.91 Å². The number of hydrogen-bond donors (Lipinski definition) is 1. The predicted molar refractivity (Wildman–Crippen MR) is 63.4 cm³/mol. The van der Waals surface area contributed by atoms with Gasteiger partial charge in [0.1, 0.15) is 6.04 Å². The number of fused-ring (bicyclic) bond motifs is 1. The number of hydrogen-bond acceptors (Lipinski definition) is 3. The van der Waals surface area contributed by atoms with Crippen LogP contribution >= 0.6 is 0 Å². The Labute approximate surface area is 101 Å². The van der Waals surface area contributed by atoms with Crippen LogP contribution in [0.25, 0.3) is 0 Å². The lowest BCUT2D eigenvalue weighted by atomic mass is 10.0. The first-order valence-corrected chi connectivity index (χ1v) is 6.04. The molecule has 1 unspecified atom stereocenters. The van der Waals surface area contributed by atoms with E-state index in [-0.39, 0.29) is 11.9 Å². The van der Waals surface area contributed by atoms with Crippen LogP contribution in [0.4, 0.5) is 0 Å². The third-order valence-electron chi connectivity index (χ3n) is 3.43. The highest BCUT2D eigenvalue weighted by atomic mass is 16.5. The summed E-state index contributed by atoms with van der Waals surface area (Å²) in [6.45, 7) is 3.51. The molecule has 1 atom stereocenters. The maximum absolute atomic E-state index is 12.4. The zero-order chi connectivity index (χ0) is 11.7. The zero-order valence-corrected chi connectivity index (χ0v) is 9.69. The van der Waals surface area contributed by atoms with E-state index in [1.807, 2.05) is 23.1 Å². The minimum absolute atomic E-state index is 0.163. The molecule has 2 aliphatic rings. The lowest BCUT2D eigenvalue weighted by molar-refractivity contribution is -0.137. The molecule has 17 heavy (non-hydrogen) atoms. The summed E-state index contributed by atoms with van der Waals surface area (Å²) >= 11 is 0. The molecule has 2 heterocycles. The van der Waals surface area contributed by atoms with Gasteiger partial charge in [-0.05, 0) is 11.1 Å². The number of carbonyl (C=O) groups is 1. The summed E-state index contributed by atoms with van der Waals surface area (Å²) in [5, 5.41) is 3.29.